The summed E-state index contributed by atoms with van der Waals surface area (Å²) in [5.74, 6) is 0. The molecule has 0 radical (unpaired) electrons. The van der Waals surface area contributed by atoms with Gasteiger partial charge in [0, 0.05) is 0 Å². The van der Waals surface area contributed by atoms with Crippen LogP contribution in [0.15, 0.2) is 18.7 Å². The molecule has 0 bridgehead atoms. The molecule has 0 amide bonds. The molecule has 0 unspecified atom stereocenters. The van der Waals surface area contributed by atoms with Gasteiger partial charge < -0.3 is 9.38 Å². The van der Waals surface area contributed by atoms with E-state index in [4.69, 9.17) is 0 Å². The van der Waals surface area contributed by atoms with E-state index in [1.807, 2.05) is 13.8 Å². The van der Waals surface area contributed by atoms with Crippen molar-refractivity contribution in [2.45, 2.75) is 13.8 Å². The Morgan fingerprint density at radius 2 is 2.17 bits per heavy atom. The molecule has 0 aliphatic heterocycles. The molecule has 0 atom stereocenters. The Kier molecular flexibility index (Phi) is 6.78. The molecule has 5 heteroatoms. The first-order valence-electron chi connectivity index (χ1n) is 3.48. The predicted octanol–water partition coefficient (Wildman–Crippen LogP) is -2.05. The van der Waals surface area contributed by atoms with Crippen LogP contribution in [0.5, 0.6) is 0 Å². The van der Waals surface area contributed by atoms with E-state index >= 15 is 0 Å². The smallest absolute Gasteiger partial charge is 0.454 e. The number of rotatable bonds is 0. The molecule has 0 N–H and O–H groups in total. The van der Waals surface area contributed by atoms with E-state index in [2.05, 4.69) is 21.4 Å². The molecule has 12 heavy (non-hydrogen) atoms. The molecule has 58 valence electrons. The van der Waals surface area contributed by atoms with Crippen molar-refractivity contribution >= 4 is 5.65 Å². The van der Waals surface area contributed by atoms with Crippen LogP contribution in [0.1, 0.15) is 13.8 Å². The van der Waals surface area contributed by atoms with Gasteiger partial charge in [0.2, 0.25) is 0 Å². The Balaban J connectivity index is 0.000000378. The maximum atomic E-state index is 3.75. The standard InChI is InChI=1S/C5H3N4.C2H6.K/c1-2-9-4-7-8-5(9)3-6-1;1-2;/h2-4H;1-2H3;/q-1;;+1. The summed E-state index contributed by atoms with van der Waals surface area (Å²) in [6.07, 6.45) is 7.54. The van der Waals surface area contributed by atoms with Crippen molar-refractivity contribution in [3.8, 4) is 0 Å². The first-order valence-corrected chi connectivity index (χ1v) is 3.48. The molecule has 0 saturated carbocycles. The van der Waals surface area contributed by atoms with Crippen LogP contribution < -0.4 is 51.4 Å². The van der Waals surface area contributed by atoms with Crippen molar-refractivity contribution < 1.29 is 51.4 Å². The molecule has 2 aromatic heterocycles. The number of aromatic nitrogens is 4. The Labute approximate surface area is 114 Å². The van der Waals surface area contributed by atoms with Crippen molar-refractivity contribution in [1.29, 1.82) is 0 Å². The van der Waals surface area contributed by atoms with Crippen molar-refractivity contribution in [1.82, 2.24) is 19.6 Å². The zero-order chi connectivity index (χ0) is 8.10. The van der Waals surface area contributed by atoms with E-state index in [0.717, 1.165) is 5.65 Å². The van der Waals surface area contributed by atoms with Gasteiger partial charge >= 0.3 is 51.4 Å². The van der Waals surface area contributed by atoms with E-state index in [1.54, 1.807) is 23.1 Å². The van der Waals surface area contributed by atoms with Crippen LogP contribution in [0.25, 0.3) is 5.65 Å². The van der Waals surface area contributed by atoms with Crippen LogP contribution in [0.4, 0.5) is 0 Å². The molecular formula is C7H9KN4. The summed E-state index contributed by atoms with van der Waals surface area (Å²) >= 11 is 0. The van der Waals surface area contributed by atoms with Gasteiger partial charge in [-0.1, -0.05) is 26.2 Å². The van der Waals surface area contributed by atoms with Crippen LogP contribution in [-0.2, 0) is 0 Å². The summed E-state index contributed by atoms with van der Waals surface area (Å²) in [5.41, 5.74) is 0.744. The molecule has 0 fully saturated rings. The monoisotopic (exact) mass is 188 g/mol. The quantitative estimate of drug-likeness (QED) is 0.353. The fraction of sp³-hybridized carbons (Fsp3) is 0.286. The van der Waals surface area contributed by atoms with Gasteiger partial charge in [0.1, 0.15) is 6.33 Å². The van der Waals surface area contributed by atoms with Gasteiger partial charge in [0.05, 0.1) is 5.65 Å². The second-order valence-electron chi connectivity index (χ2n) is 1.61. The van der Waals surface area contributed by atoms with Gasteiger partial charge in [-0.3, -0.25) is 0 Å². The third-order valence-electron chi connectivity index (χ3n) is 1.05. The Bertz CT molecular complexity index is 289. The van der Waals surface area contributed by atoms with Crippen LogP contribution in [0.3, 0.4) is 0 Å². The van der Waals surface area contributed by atoms with Gasteiger partial charge in [-0.05, 0) is 0 Å². The van der Waals surface area contributed by atoms with Crippen molar-refractivity contribution in [3.05, 3.63) is 24.9 Å². The summed E-state index contributed by atoms with van der Waals surface area (Å²) in [7, 11) is 0. The fourth-order valence-electron chi connectivity index (χ4n) is 0.634. The molecule has 4 nitrogen and oxygen atoms in total. The molecule has 2 aromatic rings. The third kappa shape index (κ3) is 2.91. The zero-order valence-corrected chi connectivity index (χ0v) is 10.6. The van der Waals surface area contributed by atoms with Gasteiger partial charge in [-0.2, -0.15) is 0 Å². The van der Waals surface area contributed by atoms with E-state index < -0.39 is 0 Å². The molecular weight excluding hydrogens is 179 g/mol. The Hall–Kier alpha value is 0.186. The van der Waals surface area contributed by atoms with Gasteiger partial charge in [0.25, 0.3) is 0 Å². The molecule has 0 spiro atoms. The van der Waals surface area contributed by atoms with Crippen LogP contribution in [0, 0.1) is 6.20 Å². The van der Waals surface area contributed by atoms with Crippen LogP contribution in [0.2, 0.25) is 0 Å². The normalized spacial score (nSPS) is 8.17. The minimum Gasteiger partial charge on any atom is -0.454 e. The maximum Gasteiger partial charge on any atom is 1.00 e. The van der Waals surface area contributed by atoms with E-state index in [-0.39, 0.29) is 51.4 Å². The second-order valence-corrected chi connectivity index (χ2v) is 1.61. The minimum atomic E-state index is 0. The topological polar surface area (TPSA) is 43.1 Å². The van der Waals surface area contributed by atoms with Gasteiger partial charge in [-0.25, -0.2) is 0 Å². The third-order valence-corrected chi connectivity index (χ3v) is 1.05. The Morgan fingerprint density at radius 3 is 2.83 bits per heavy atom. The predicted molar refractivity (Wildman–Crippen MR) is 41.0 cm³/mol. The second kappa shape index (κ2) is 6.68. The molecule has 2 heterocycles. The number of fused-ring (bicyclic) bond motifs is 1. The van der Waals surface area contributed by atoms with E-state index in [9.17, 15) is 0 Å². The average Bonchev–Trinajstić information content (AvgIpc) is 2.55. The Morgan fingerprint density at radius 1 is 1.42 bits per heavy atom. The SMILES string of the molecule is CC.[K+].[c-]1cn2cnnc2cn1. The first kappa shape index (κ1) is 12.2. The minimum absolute atomic E-state index is 0. The summed E-state index contributed by atoms with van der Waals surface area (Å²) < 4.78 is 1.74. The number of hydrogen-bond acceptors (Lipinski definition) is 3. The maximum absolute atomic E-state index is 3.75. The fourth-order valence-corrected chi connectivity index (χ4v) is 0.634. The summed E-state index contributed by atoms with van der Waals surface area (Å²) in [4.78, 5) is 3.74. The van der Waals surface area contributed by atoms with E-state index in [1.165, 1.54) is 0 Å². The number of hydrogen-bond donors (Lipinski definition) is 0. The van der Waals surface area contributed by atoms with E-state index in [0.29, 0.717) is 0 Å². The molecule has 0 aliphatic carbocycles. The molecule has 0 aliphatic rings. The van der Waals surface area contributed by atoms with Crippen molar-refractivity contribution in [2.75, 3.05) is 0 Å². The largest absolute Gasteiger partial charge is 1.00 e. The zero-order valence-electron chi connectivity index (χ0n) is 7.52. The molecule has 0 saturated heterocycles. The van der Waals surface area contributed by atoms with Gasteiger partial charge in [-0.15, -0.1) is 16.4 Å². The summed E-state index contributed by atoms with van der Waals surface area (Å²) in [6.45, 7) is 4.00. The molecule has 0 aromatic carbocycles. The van der Waals surface area contributed by atoms with Gasteiger partial charge in [0.15, 0.2) is 0 Å². The first-order chi connectivity index (χ1) is 5.47. The number of nitrogens with zero attached hydrogens (tertiary/aromatic N) is 4. The van der Waals surface area contributed by atoms with Crippen LogP contribution >= 0.6 is 0 Å². The van der Waals surface area contributed by atoms with Crippen molar-refractivity contribution in [2.24, 2.45) is 0 Å². The summed E-state index contributed by atoms with van der Waals surface area (Å²) in [5, 5.41) is 7.40. The van der Waals surface area contributed by atoms with Crippen molar-refractivity contribution in [3.63, 3.8) is 0 Å². The summed E-state index contributed by atoms with van der Waals surface area (Å²) in [6, 6.07) is 0. The average molecular weight is 188 g/mol. The molecule has 2 rings (SSSR count). The van der Waals surface area contributed by atoms with Crippen LogP contribution in [-0.4, -0.2) is 19.6 Å².